The second-order valence-electron chi connectivity index (χ2n) is 2.63. The third-order valence-corrected chi connectivity index (χ3v) is 2.76. The van der Waals surface area contributed by atoms with Crippen LogP contribution >= 0.6 is 22.6 Å². The van der Waals surface area contributed by atoms with Gasteiger partial charge in [0.1, 0.15) is 0 Å². The van der Waals surface area contributed by atoms with Crippen LogP contribution in [0.15, 0.2) is 0 Å². The van der Waals surface area contributed by atoms with Crippen LogP contribution in [0.2, 0.25) is 0 Å². The Morgan fingerprint density at radius 3 is 1.44 bits per heavy atom. The third kappa shape index (κ3) is 3.32. The van der Waals surface area contributed by atoms with E-state index in [0.29, 0.717) is 0 Å². The monoisotopic (exact) mass is 424 g/mol. The molecule has 0 saturated heterocycles. The average molecular weight is 424 g/mol. The Balaban J connectivity index is 5.47. The summed E-state index contributed by atoms with van der Waals surface area (Å²) in [6.45, 7) is 0. The molecule has 0 aliphatic rings. The highest BCUT2D eigenvalue weighted by Crippen LogP contribution is 2.48. The number of hydrogen-bond donors (Lipinski definition) is 1. The van der Waals surface area contributed by atoms with Gasteiger partial charge in [0.2, 0.25) is 0 Å². The lowest BCUT2D eigenvalue weighted by Crippen LogP contribution is -2.54. The molecule has 0 atom stereocenters. The maximum absolute atomic E-state index is 12.4. The van der Waals surface area contributed by atoms with Crippen molar-refractivity contribution in [3.05, 3.63) is 0 Å². The molecule has 0 aromatic heterocycles. The highest BCUT2D eigenvalue weighted by molar-refractivity contribution is 14.1. The highest BCUT2D eigenvalue weighted by Gasteiger charge is 2.73. The fourth-order valence-corrected chi connectivity index (χ4v) is 0.880. The fourth-order valence-electron chi connectivity index (χ4n) is 0.428. The predicted molar refractivity (Wildman–Crippen MR) is 46.4 cm³/mol. The van der Waals surface area contributed by atoms with Crippen molar-refractivity contribution in [3.63, 3.8) is 0 Å². The van der Waals surface area contributed by atoms with E-state index in [2.05, 4.69) is 0 Å². The molecule has 0 rings (SSSR count). The van der Waals surface area contributed by atoms with Crippen molar-refractivity contribution in [2.24, 2.45) is 0 Å². The molecular weight excluding hydrogens is 423 g/mol. The molecule has 0 amide bonds. The van der Waals surface area contributed by atoms with Crippen molar-refractivity contribution in [2.75, 3.05) is 0 Å². The summed E-state index contributed by atoms with van der Waals surface area (Å²) >= 11 is -0.390. The molecule has 0 unspecified atom stereocenters. The first-order valence-corrected chi connectivity index (χ1v) is 5.85. The molecule has 0 aliphatic heterocycles. The van der Waals surface area contributed by atoms with Crippen molar-refractivity contribution in [1.82, 2.24) is 0 Å². The first-order valence-electron chi connectivity index (χ1n) is 3.33. The fraction of sp³-hybridized carbons (Fsp3) is 1.00. The Morgan fingerprint density at radius 2 is 1.22 bits per heavy atom. The van der Waals surface area contributed by atoms with E-state index in [1.807, 2.05) is 4.74 Å². The first kappa shape index (κ1) is 18.0. The van der Waals surface area contributed by atoms with Crippen LogP contribution in [0.1, 0.15) is 0 Å². The predicted octanol–water partition coefficient (Wildman–Crippen LogP) is 2.70. The van der Waals surface area contributed by atoms with E-state index >= 15 is 0 Å². The first-order chi connectivity index (χ1) is 7.46. The number of hydrogen-bond acceptors (Lipinski definition) is 3. The van der Waals surface area contributed by atoms with Gasteiger partial charge in [0.15, 0.2) is 0 Å². The molecular formula is C4HF8IO4S. The minimum atomic E-state index is -6.87. The molecule has 14 heteroatoms. The zero-order chi connectivity index (χ0) is 15.2. The molecule has 4 nitrogen and oxygen atoms in total. The van der Waals surface area contributed by atoms with Crippen molar-refractivity contribution < 1.29 is 52.8 Å². The number of rotatable bonds is 5. The summed E-state index contributed by atoms with van der Waals surface area (Å²) in [5.41, 5.74) is 0. The minimum Gasteiger partial charge on any atom is -0.281 e. The van der Waals surface area contributed by atoms with Crippen LogP contribution in [-0.2, 0) is 14.9 Å². The normalized spacial score (nSPS) is 15.9. The molecule has 1 N–H and O–H groups in total. The molecule has 0 aromatic carbocycles. The van der Waals surface area contributed by atoms with Crippen molar-refractivity contribution in [1.29, 1.82) is 0 Å². The van der Waals surface area contributed by atoms with Gasteiger partial charge in [-0.25, -0.2) is 4.74 Å². The van der Waals surface area contributed by atoms with Gasteiger partial charge in [0.25, 0.3) is 0 Å². The second kappa shape index (κ2) is 4.55. The van der Waals surface area contributed by atoms with E-state index in [0.717, 1.165) is 0 Å². The average Bonchev–Trinajstić information content (AvgIpc) is 1.96. The molecule has 0 fully saturated rings. The van der Waals surface area contributed by atoms with Gasteiger partial charge in [-0.2, -0.15) is 43.5 Å². The van der Waals surface area contributed by atoms with Crippen LogP contribution < -0.4 is 0 Å². The van der Waals surface area contributed by atoms with Crippen LogP contribution in [-0.4, -0.2) is 34.4 Å². The third-order valence-electron chi connectivity index (χ3n) is 1.25. The summed E-state index contributed by atoms with van der Waals surface area (Å²) in [4.78, 5) is 0. The summed E-state index contributed by atoms with van der Waals surface area (Å²) in [6.07, 6.45) is -12.7. The molecule has 0 heterocycles. The van der Waals surface area contributed by atoms with Gasteiger partial charge in [0.05, 0.1) is 0 Å². The second-order valence-corrected chi connectivity index (χ2v) is 5.44. The van der Waals surface area contributed by atoms with E-state index in [1.54, 1.807) is 0 Å². The van der Waals surface area contributed by atoms with Gasteiger partial charge in [0, 0.05) is 22.6 Å². The quantitative estimate of drug-likeness (QED) is 0.319. The molecule has 0 spiro atoms. The van der Waals surface area contributed by atoms with E-state index in [1.165, 1.54) is 0 Å². The van der Waals surface area contributed by atoms with Crippen LogP contribution in [0.5, 0.6) is 0 Å². The summed E-state index contributed by atoms with van der Waals surface area (Å²) in [5.74, 6) is 0. The Hall–Kier alpha value is 0.0400. The molecule has 110 valence electrons. The van der Waals surface area contributed by atoms with E-state index < -0.39 is 54.1 Å². The van der Waals surface area contributed by atoms with Crippen LogP contribution in [0.25, 0.3) is 0 Å². The smallest absolute Gasteiger partial charge is 0.281 e. The van der Waals surface area contributed by atoms with Crippen LogP contribution in [0.4, 0.5) is 35.1 Å². The van der Waals surface area contributed by atoms with E-state index in [4.69, 9.17) is 4.55 Å². The van der Waals surface area contributed by atoms with Gasteiger partial charge in [-0.15, -0.1) is 0 Å². The summed E-state index contributed by atoms with van der Waals surface area (Å²) in [5, 5.41) is -6.54. The van der Waals surface area contributed by atoms with Gasteiger partial charge in [-0.1, -0.05) is 0 Å². The summed E-state index contributed by atoms with van der Waals surface area (Å²) < 4.78 is 122. The molecule has 0 bridgehead atoms. The van der Waals surface area contributed by atoms with Gasteiger partial charge < -0.3 is 0 Å². The summed E-state index contributed by atoms with van der Waals surface area (Å²) in [6, 6.07) is 0. The van der Waals surface area contributed by atoms with Crippen LogP contribution in [0.3, 0.4) is 0 Å². The Bertz CT molecular complexity index is 413. The Morgan fingerprint density at radius 1 is 0.889 bits per heavy atom. The van der Waals surface area contributed by atoms with Crippen molar-refractivity contribution >= 4 is 32.7 Å². The molecule has 0 aromatic rings. The molecule has 0 saturated carbocycles. The molecule has 0 radical (unpaired) electrons. The molecule has 18 heavy (non-hydrogen) atoms. The maximum Gasteiger partial charge on any atom is 0.460 e. The standard InChI is InChI=1S/C4HF8IO4S/c5-1(6,13)2(7,8)17-3(9,10)4(11,12)18(14,15)16/h(H,14,15,16). The zero-order valence-corrected chi connectivity index (χ0v) is 10.5. The maximum atomic E-state index is 12.4. The number of ether oxygens (including phenoxy) is 1. The lowest BCUT2D eigenvalue weighted by Gasteiger charge is -2.29. The summed E-state index contributed by atoms with van der Waals surface area (Å²) in [7, 11) is -6.87. The van der Waals surface area contributed by atoms with Gasteiger partial charge in [-0.3, -0.25) is 4.55 Å². The lowest BCUT2D eigenvalue weighted by molar-refractivity contribution is -0.438. The molecule has 0 aliphatic carbocycles. The lowest BCUT2D eigenvalue weighted by atomic mass is 10.6. The van der Waals surface area contributed by atoms with Crippen molar-refractivity contribution in [2.45, 2.75) is 21.4 Å². The Labute approximate surface area is 107 Å². The number of alkyl halides is 9. The minimum absolute atomic E-state index is 0.390. The highest BCUT2D eigenvalue weighted by atomic mass is 127. The van der Waals surface area contributed by atoms with Crippen molar-refractivity contribution in [3.8, 4) is 0 Å². The largest absolute Gasteiger partial charge is 0.460 e. The van der Waals surface area contributed by atoms with Gasteiger partial charge >= 0.3 is 31.5 Å². The SMILES string of the molecule is O=S(=O)(O)C(F)(F)C(F)(F)OC(F)(F)C(F)(F)I. The van der Waals surface area contributed by atoms with E-state index in [9.17, 15) is 43.5 Å². The van der Waals surface area contributed by atoms with Gasteiger partial charge in [-0.05, 0) is 0 Å². The van der Waals surface area contributed by atoms with Crippen LogP contribution in [0, 0.1) is 0 Å². The topological polar surface area (TPSA) is 63.6 Å². The Kier molecular flexibility index (Phi) is 4.56. The zero-order valence-electron chi connectivity index (χ0n) is 7.48. The number of halogens is 9. The van der Waals surface area contributed by atoms with E-state index in [-0.39, 0.29) is 0 Å².